The molecule has 2 amide bonds. The Bertz CT molecular complexity index is 1090. The van der Waals surface area contributed by atoms with Crippen LogP contribution in [-0.2, 0) is 9.59 Å². The van der Waals surface area contributed by atoms with Crippen molar-refractivity contribution in [1.82, 2.24) is 9.80 Å². The van der Waals surface area contributed by atoms with E-state index in [2.05, 4.69) is 22.3 Å². The summed E-state index contributed by atoms with van der Waals surface area (Å²) in [6.45, 7) is 2.82. The molecule has 6 nitrogen and oxygen atoms in total. The van der Waals surface area contributed by atoms with Crippen LogP contribution in [0.1, 0.15) is 63.5 Å². The highest BCUT2D eigenvalue weighted by molar-refractivity contribution is 8.13. The van der Waals surface area contributed by atoms with Crippen LogP contribution in [-0.4, -0.2) is 53.2 Å². The Kier molecular flexibility index (Phi) is 5.74. The van der Waals surface area contributed by atoms with Crippen LogP contribution in [0, 0.1) is 23.2 Å². The van der Waals surface area contributed by atoms with E-state index in [-0.39, 0.29) is 23.3 Å². The second kappa shape index (κ2) is 8.68. The Labute approximate surface area is 212 Å². The molecule has 4 bridgehead atoms. The molecule has 6 aliphatic rings. The molecule has 1 aromatic carbocycles. The minimum Gasteiger partial charge on any atom is -0.345 e. The molecule has 1 saturated heterocycles. The lowest BCUT2D eigenvalue weighted by Gasteiger charge is -2.55. The molecular weight excluding hydrogens is 456 g/mol. The third-order valence-electron chi connectivity index (χ3n) is 8.88. The van der Waals surface area contributed by atoms with E-state index < -0.39 is 0 Å². The molecular formula is C28H36N4O2S. The van der Waals surface area contributed by atoms with Crippen LogP contribution in [0.2, 0.25) is 0 Å². The predicted molar refractivity (Wildman–Crippen MR) is 141 cm³/mol. The Balaban J connectivity index is 1.31. The SMILES string of the molecule is CC1=C(C(=O)N(C)C)[C@@H](c2cccc(NC(=O)C34CC5CC(CC(C5)C3)C4)c2)N2CCCSC2=N1. The van der Waals surface area contributed by atoms with Crippen molar-refractivity contribution in [2.75, 3.05) is 31.7 Å². The van der Waals surface area contributed by atoms with Gasteiger partial charge in [-0.2, -0.15) is 0 Å². The van der Waals surface area contributed by atoms with Gasteiger partial charge in [0, 0.05) is 32.1 Å². The van der Waals surface area contributed by atoms with Crippen molar-refractivity contribution in [3.05, 3.63) is 41.1 Å². The number of hydrogen-bond donors (Lipinski definition) is 1. The van der Waals surface area contributed by atoms with Crippen LogP contribution in [0.25, 0.3) is 0 Å². The quantitative estimate of drug-likeness (QED) is 0.639. The summed E-state index contributed by atoms with van der Waals surface area (Å²) in [5, 5.41) is 4.32. The highest BCUT2D eigenvalue weighted by Gasteiger charge is 2.54. The molecule has 0 spiro atoms. The fraction of sp³-hybridized carbons (Fsp3) is 0.607. The molecule has 7 rings (SSSR count). The van der Waals surface area contributed by atoms with E-state index in [1.165, 1.54) is 19.3 Å². The van der Waals surface area contributed by atoms with Gasteiger partial charge >= 0.3 is 0 Å². The van der Waals surface area contributed by atoms with Crippen LogP contribution in [0.3, 0.4) is 0 Å². The average Bonchev–Trinajstić information content (AvgIpc) is 2.82. The molecule has 0 unspecified atom stereocenters. The van der Waals surface area contributed by atoms with E-state index in [0.29, 0.717) is 0 Å². The lowest BCUT2D eigenvalue weighted by molar-refractivity contribution is -0.140. The number of benzene rings is 1. The number of thioether (sulfide) groups is 1. The Morgan fingerprint density at radius 3 is 2.46 bits per heavy atom. The van der Waals surface area contributed by atoms with Crippen LogP contribution < -0.4 is 5.32 Å². The lowest BCUT2D eigenvalue weighted by atomic mass is 9.49. The molecule has 186 valence electrons. The number of carbonyl (C=O) groups is 2. The highest BCUT2D eigenvalue weighted by Crippen LogP contribution is 2.60. The maximum absolute atomic E-state index is 13.7. The van der Waals surface area contributed by atoms with Gasteiger partial charge in [0.05, 0.1) is 22.7 Å². The number of rotatable bonds is 4. The molecule has 5 fully saturated rings. The van der Waals surface area contributed by atoms with E-state index in [0.717, 1.165) is 83.4 Å². The number of fused-ring (bicyclic) bond motifs is 1. The number of anilines is 1. The molecule has 1 aromatic rings. The van der Waals surface area contributed by atoms with Gasteiger partial charge in [0.25, 0.3) is 5.91 Å². The number of nitrogens with one attached hydrogen (secondary N) is 1. The summed E-state index contributed by atoms with van der Waals surface area (Å²) in [7, 11) is 3.60. The van der Waals surface area contributed by atoms with Gasteiger partial charge < -0.3 is 15.1 Å². The van der Waals surface area contributed by atoms with Crippen molar-refractivity contribution < 1.29 is 9.59 Å². The summed E-state index contributed by atoms with van der Waals surface area (Å²) in [5.41, 5.74) is 3.21. The number of amides is 2. The summed E-state index contributed by atoms with van der Waals surface area (Å²) >= 11 is 1.77. The summed E-state index contributed by atoms with van der Waals surface area (Å²) < 4.78 is 0. The second-order valence-corrected chi connectivity index (χ2v) is 12.7. The second-order valence-electron chi connectivity index (χ2n) is 11.7. The first-order chi connectivity index (χ1) is 16.8. The Hall–Kier alpha value is -2.28. The minimum absolute atomic E-state index is 0.00567. The number of amidine groups is 1. The Morgan fingerprint density at radius 2 is 1.80 bits per heavy atom. The zero-order valence-electron chi connectivity index (χ0n) is 21.0. The molecule has 2 heterocycles. The molecule has 0 radical (unpaired) electrons. The summed E-state index contributed by atoms with van der Waals surface area (Å²) in [6, 6.07) is 7.99. The molecule has 2 aliphatic heterocycles. The lowest BCUT2D eigenvalue weighted by Crippen LogP contribution is -2.51. The van der Waals surface area contributed by atoms with E-state index in [9.17, 15) is 9.59 Å². The number of allylic oxidation sites excluding steroid dienone is 1. The number of nitrogens with zero attached hydrogens (tertiary/aromatic N) is 3. The molecule has 4 aliphatic carbocycles. The van der Waals surface area contributed by atoms with Crippen molar-refractivity contribution >= 4 is 34.4 Å². The fourth-order valence-electron chi connectivity index (χ4n) is 7.77. The van der Waals surface area contributed by atoms with Crippen molar-refractivity contribution in [1.29, 1.82) is 0 Å². The maximum atomic E-state index is 13.7. The fourth-order valence-corrected chi connectivity index (χ4v) is 8.79. The number of aliphatic imine (C=N–C) groups is 1. The normalized spacial score (nSPS) is 33.3. The van der Waals surface area contributed by atoms with Crippen LogP contribution >= 0.6 is 11.8 Å². The van der Waals surface area contributed by atoms with Crippen molar-refractivity contribution in [2.24, 2.45) is 28.2 Å². The zero-order valence-corrected chi connectivity index (χ0v) is 21.9. The van der Waals surface area contributed by atoms with Gasteiger partial charge in [0.15, 0.2) is 5.17 Å². The largest absolute Gasteiger partial charge is 0.345 e. The zero-order chi connectivity index (χ0) is 24.3. The number of carbonyl (C=O) groups excluding carboxylic acids is 2. The van der Waals surface area contributed by atoms with Crippen LogP contribution in [0.15, 0.2) is 40.5 Å². The van der Waals surface area contributed by atoms with Gasteiger partial charge in [-0.15, -0.1) is 0 Å². The number of hydrogen-bond acceptors (Lipinski definition) is 5. The minimum atomic E-state index is -0.193. The molecule has 35 heavy (non-hydrogen) atoms. The molecule has 1 N–H and O–H groups in total. The predicted octanol–water partition coefficient (Wildman–Crippen LogP) is 5.05. The first-order valence-corrected chi connectivity index (χ1v) is 14.1. The van der Waals surface area contributed by atoms with Gasteiger partial charge in [-0.25, -0.2) is 4.99 Å². The third kappa shape index (κ3) is 4.00. The summed E-state index contributed by atoms with van der Waals surface area (Å²) in [4.78, 5) is 35.7. The Morgan fingerprint density at radius 1 is 1.11 bits per heavy atom. The smallest absolute Gasteiger partial charge is 0.253 e. The molecule has 7 heteroatoms. The standard InChI is InChI=1S/C28H36N4O2S/c1-17-23(25(33)31(2)3)24(32-8-5-9-35-27(32)29-17)21-6-4-7-22(13-21)30-26(34)28-14-18-10-19(15-28)12-20(11-18)16-28/h4,6-7,13,18-20,24H,5,8-12,14-16H2,1-3H3,(H,30,34)/t18?,19?,20?,24-,28?/m1/s1. The van der Waals surface area contributed by atoms with Gasteiger partial charge in [0.1, 0.15) is 0 Å². The maximum Gasteiger partial charge on any atom is 0.253 e. The number of likely N-dealkylation sites (N-methyl/N-ethyl adjacent to an activating group) is 1. The van der Waals surface area contributed by atoms with E-state index in [1.807, 2.05) is 19.1 Å². The third-order valence-corrected chi connectivity index (χ3v) is 9.95. The first kappa shape index (κ1) is 23.1. The topological polar surface area (TPSA) is 65.0 Å². The monoisotopic (exact) mass is 492 g/mol. The van der Waals surface area contributed by atoms with E-state index >= 15 is 0 Å². The highest BCUT2D eigenvalue weighted by atomic mass is 32.2. The molecule has 4 saturated carbocycles. The van der Waals surface area contributed by atoms with Gasteiger partial charge in [-0.05, 0) is 87.3 Å². The molecule has 0 aromatic heterocycles. The van der Waals surface area contributed by atoms with Gasteiger partial charge in [0.2, 0.25) is 5.91 Å². The molecule has 1 atom stereocenters. The van der Waals surface area contributed by atoms with Crippen LogP contribution in [0.5, 0.6) is 0 Å². The van der Waals surface area contributed by atoms with Crippen molar-refractivity contribution in [3.63, 3.8) is 0 Å². The van der Waals surface area contributed by atoms with Crippen molar-refractivity contribution in [2.45, 2.75) is 57.9 Å². The van der Waals surface area contributed by atoms with E-state index in [4.69, 9.17) is 4.99 Å². The van der Waals surface area contributed by atoms with Crippen molar-refractivity contribution in [3.8, 4) is 0 Å². The van der Waals surface area contributed by atoms with E-state index in [1.54, 1.807) is 30.8 Å². The first-order valence-electron chi connectivity index (χ1n) is 13.1. The van der Waals surface area contributed by atoms with Gasteiger partial charge in [-0.3, -0.25) is 9.59 Å². The summed E-state index contributed by atoms with van der Waals surface area (Å²) in [5.74, 6) is 3.47. The average molecular weight is 493 g/mol. The van der Waals surface area contributed by atoms with Gasteiger partial charge in [-0.1, -0.05) is 23.9 Å². The van der Waals surface area contributed by atoms with Crippen LogP contribution in [0.4, 0.5) is 5.69 Å². The summed E-state index contributed by atoms with van der Waals surface area (Å²) in [6.07, 6.45) is 8.22.